The maximum absolute atomic E-state index is 14.2. The van der Waals surface area contributed by atoms with Crippen molar-refractivity contribution < 1.29 is 18.3 Å². The smallest absolute Gasteiger partial charge is 0.257 e. The fraction of sp³-hybridized carbons (Fsp3) is 0.182. The standard InChI is InChI=1S/C22H17ClF2N2O2/c1-12-6-7-13(19(8-12)29-2)10-27-11-18-20(22(27)28)14(23)9-17(26-18)21-15(24)4-3-5-16(21)25/h3-9H,10-11H2,1-2H3. The predicted molar refractivity (Wildman–Crippen MR) is 106 cm³/mol. The number of hydrogen-bond donors (Lipinski definition) is 0. The minimum absolute atomic E-state index is 0.0620. The van der Waals surface area contributed by atoms with E-state index < -0.39 is 11.6 Å². The largest absolute Gasteiger partial charge is 0.496 e. The van der Waals surface area contributed by atoms with E-state index in [0.717, 1.165) is 23.3 Å². The van der Waals surface area contributed by atoms with Gasteiger partial charge < -0.3 is 9.64 Å². The van der Waals surface area contributed by atoms with Crippen molar-refractivity contribution in [3.63, 3.8) is 0 Å². The Hall–Kier alpha value is -2.99. The SMILES string of the molecule is COc1cc(C)ccc1CN1Cc2nc(-c3c(F)cccc3F)cc(Cl)c2C1=O. The summed E-state index contributed by atoms with van der Waals surface area (Å²) in [5, 5.41) is 0.121. The molecule has 148 valence electrons. The Balaban J connectivity index is 1.69. The molecule has 1 aliphatic heterocycles. The van der Waals surface area contributed by atoms with Gasteiger partial charge in [-0.3, -0.25) is 4.79 Å². The Morgan fingerprint density at radius 2 is 1.86 bits per heavy atom. The minimum atomic E-state index is -0.737. The number of carbonyl (C=O) groups excluding carboxylic acids is 1. The molecule has 0 aliphatic carbocycles. The highest BCUT2D eigenvalue weighted by Gasteiger charge is 2.32. The zero-order chi connectivity index (χ0) is 20.7. The highest BCUT2D eigenvalue weighted by Crippen LogP contribution is 2.35. The van der Waals surface area contributed by atoms with Gasteiger partial charge >= 0.3 is 0 Å². The van der Waals surface area contributed by atoms with Crippen LogP contribution in [0.15, 0.2) is 42.5 Å². The second-order valence-corrected chi connectivity index (χ2v) is 7.29. The van der Waals surface area contributed by atoms with Gasteiger partial charge in [0.15, 0.2) is 0 Å². The van der Waals surface area contributed by atoms with Crippen molar-refractivity contribution in [2.75, 3.05) is 7.11 Å². The molecule has 0 unspecified atom stereocenters. The number of aryl methyl sites for hydroxylation is 1. The molecule has 0 fully saturated rings. The number of amides is 1. The fourth-order valence-corrected chi connectivity index (χ4v) is 3.79. The molecule has 0 N–H and O–H groups in total. The van der Waals surface area contributed by atoms with Gasteiger partial charge in [-0.15, -0.1) is 0 Å². The molecule has 0 saturated carbocycles. The van der Waals surface area contributed by atoms with E-state index in [9.17, 15) is 13.6 Å². The first-order chi connectivity index (χ1) is 13.9. The molecule has 0 radical (unpaired) electrons. The third-order valence-corrected chi connectivity index (χ3v) is 5.21. The Kier molecular flexibility index (Phi) is 4.96. The van der Waals surface area contributed by atoms with Crippen molar-refractivity contribution in [1.29, 1.82) is 0 Å². The maximum Gasteiger partial charge on any atom is 0.257 e. The van der Waals surface area contributed by atoms with Gasteiger partial charge in [0.2, 0.25) is 0 Å². The predicted octanol–water partition coefficient (Wildman–Crippen LogP) is 5.15. The maximum atomic E-state index is 14.2. The summed E-state index contributed by atoms with van der Waals surface area (Å²) < 4.78 is 33.7. The number of aromatic nitrogens is 1. The van der Waals surface area contributed by atoms with Crippen molar-refractivity contribution >= 4 is 17.5 Å². The van der Waals surface area contributed by atoms with Crippen LogP contribution in [-0.4, -0.2) is 22.9 Å². The van der Waals surface area contributed by atoms with Crippen LogP contribution < -0.4 is 4.74 Å². The summed E-state index contributed by atoms with van der Waals surface area (Å²) in [7, 11) is 1.58. The highest BCUT2D eigenvalue weighted by atomic mass is 35.5. The third-order valence-electron chi connectivity index (χ3n) is 4.91. The van der Waals surface area contributed by atoms with E-state index in [2.05, 4.69) is 4.98 Å². The lowest BCUT2D eigenvalue weighted by molar-refractivity contribution is 0.0765. The number of nitrogens with zero attached hydrogens (tertiary/aromatic N) is 2. The van der Waals surface area contributed by atoms with E-state index in [0.29, 0.717) is 18.0 Å². The van der Waals surface area contributed by atoms with Crippen LogP contribution in [0.5, 0.6) is 5.75 Å². The van der Waals surface area contributed by atoms with E-state index in [1.54, 1.807) is 12.0 Å². The monoisotopic (exact) mass is 414 g/mol. The average Bonchev–Trinajstić information content (AvgIpc) is 2.99. The fourth-order valence-electron chi connectivity index (χ4n) is 3.50. The van der Waals surface area contributed by atoms with E-state index in [4.69, 9.17) is 16.3 Å². The van der Waals surface area contributed by atoms with E-state index in [-0.39, 0.29) is 34.3 Å². The van der Waals surface area contributed by atoms with E-state index in [1.807, 2.05) is 25.1 Å². The van der Waals surface area contributed by atoms with Crippen LogP contribution in [0.3, 0.4) is 0 Å². The van der Waals surface area contributed by atoms with Crippen LogP contribution in [0.25, 0.3) is 11.3 Å². The summed E-state index contributed by atoms with van der Waals surface area (Å²) in [6.07, 6.45) is 0. The quantitative estimate of drug-likeness (QED) is 0.592. The minimum Gasteiger partial charge on any atom is -0.496 e. The molecule has 0 saturated heterocycles. The van der Waals surface area contributed by atoms with Crippen LogP contribution in [0.2, 0.25) is 5.02 Å². The number of rotatable bonds is 4. The summed E-state index contributed by atoms with van der Waals surface area (Å²) in [6, 6.07) is 10.7. The Morgan fingerprint density at radius 1 is 1.14 bits per heavy atom. The lowest BCUT2D eigenvalue weighted by atomic mass is 10.1. The highest BCUT2D eigenvalue weighted by molar-refractivity contribution is 6.34. The van der Waals surface area contributed by atoms with Gasteiger partial charge in [-0.2, -0.15) is 0 Å². The third kappa shape index (κ3) is 3.44. The molecule has 0 spiro atoms. The number of fused-ring (bicyclic) bond motifs is 1. The molecule has 1 amide bonds. The topological polar surface area (TPSA) is 42.4 Å². The Labute approximate surface area is 171 Å². The van der Waals surface area contributed by atoms with Crippen molar-refractivity contribution in [3.8, 4) is 17.0 Å². The Morgan fingerprint density at radius 3 is 2.55 bits per heavy atom. The van der Waals surface area contributed by atoms with Crippen molar-refractivity contribution in [2.45, 2.75) is 20.0 Å². The van der Waals surface area contributed by atoms with Crippen LogP contribution in [0.1, 0.15) is 27.2 Å². The summed E-state index contributed by atoms with van der Waals surface area (Å²) in [5.74, 6) is -1.07. The molecule has 0 bridgehead atoms. The van der Waals surface area contributed by atoms with Gasteiger partial charge in [0, 0.05) is 5.56 Å². The van der Waals surface area contributed by atoms with Crippen LogP contribution in [-0.2, 0) is 13.1 Å². The molecule has 4 nitrogen and oxygen atoms in total. The number of ether oxygens (including phenoxy) is 1. The molecular weight excluding hydrogens is 398 g/mol. The summed E-state index contributed by atoms with van der Waals surface area (Å²) >= 11 is 6.31. The van der Waals surface area contributed by atoms with Gasteiger partial charge in [-0.05, 0) is 36.8 Å². The Bertz CT molecular complexity index is 1110. The van der Waals surface area contributed by atoms with E-state index in [1.165, 1.54) is 12.1 Å². The van der Waals surface area contributed by atoms with Crippen LogP contribution >= 0.6 is 11.6 Å². The summed E-state index contributed by atoms with van der Waals surface area (Å²) in [6.45, 7) is 2.45. The second-order valence-electron chi connectivity index (χ2n) is 6.88. The van der Waals surface area contributed by atoms with Gasteiger partial charge in [-0.25, -0.2) is 13.8 Å². The lowest BCUT2D eigenvalue weighted by Crippen LogP contribution is -2.23. The van der Waals surface area contributed by atoms with Gasteiger partial charge in [0.05, 0.1) is 47.7 Å². The number of pyridine rings is 1. The van der Waals surface area contributed by atoms with Crippen molar-refractivity contribution in [1.82, 2.24) is 9.88 Å². The molecule has 3 aromatic rings. The number of halogens is 3. The van der Waals surface area contributed by atoms with Crippen molar-refractivity contribution in [3.05, 3.63) is 81.5 Å². The summed E-state index contributed by atoms with van der Waals surface area (Å²) in [4.78, 5) is 18.8. The van der Waals surface area contributed by atoms with Crippen molar-refractivity contribution in [2.24, 2.45) is 0 Å². The molecule has 0 atom stereocenters. The molecule has 7 heteroatoms. The number of benzene rings is 2. The molecule has 1 aromatic heterocycles. The zero-order valence-electron chi connectivity index (χ0n) is 15.8. The normalized spacial score (nSPS) is 13.0. The molecule has 29 heavy (non-hydrogen) atoms. The second kappa shape index (κ2) is 7.44. The summed E-state index contributed by atoms with van der Waals surface area (Å²) in [5.41, 5.74) is 2.35. The molecule has 4 rings (SSSR count). The molecule has 2 aromatic carbocycles. The van der Waals surface area contributed by atoms with Crippen LogP contribution in [0.4, 0.5) is 8.78 Å². The first-order valence-corrected chi connectivity index (χ1v) is 9.33. The molecule has 1 aliphatic rings. The number of carbonyl (C=O) groups is 1. The van der Waals surface area contributed by atoms with Gasteiger partial charge in [0.25, 0.3) is 5.91 Å². The lowest BCUT2D eigenvalue weighted by Gasteiger charge is -2.17. The zero-order valence-corrected chi connectivity index (χ0v) is 16.6. The number of methoxy groups -OCH3 is 1. The number of hydrogen-bond acceptors (Lipinski definition) is 3. The molecular formula is C22H17ClF2N2O2. The first kappa shape index (κ1) is 19.3. The first-order valence-electron chi connectivity index (χ1n) is 8.95. The van der Waals surface area contributed by atoms with Gasteiger partial charge in [0.1, 0.15) is 17.4 Å². The average molecular weight is 415 g/mol. The van der Waals surface area contributed by atoms with E-state index >= 15 is 0 Å². The van der Waals surface area contributed by atoms with Gasteiger partial charge in [-0.1, -0.05) is 29.8 Å². The van der Waals surface area contributed by atoms with Crippen LogP contribution in [0, 0.1) is 18.6 Å². The molecule has 2 heterocycles.